The summed E-state index contributed by atoms with van der Waals surface area (Å²) in [4.78, 5) is 4.94. The maximum absolute atomic E-state index is 5.98. The second kappa shape index (κ2) is 13.9. The minimum absolute atomic E-state index is 0.541. The highest BCUT2D eigenvalue weighted by atomic mass is 16.7. The van der Waals surface area contributed by atoms with Crippen LogP contribution >= 0.6 is 0 Å². The molecule has 2 heterocycles. The van der Waals surface area contributed by atoms with Gasteiger partial charge in [-0.2, -0.15) is 10.3 Å². The molecule has 0 bridgehead atoms. The second-order valence-corrected chi connectivity index (χ2v) is 9.48. The number of hydrogen-bond donors (Lipinski definition) is 1. The number of aromatic amines is 1. The molecule has 0 fully saturated rings. The van der Waals surface area contributed by atoms with Gasteiger partial charge in [-0.15, -0.1) is 10.2 Å². The second-order valence-electron chi connectivity index (χ2n) is 9.48. The molecule has 0 spiro atoms. The van der Waals surface area contributed by atoms with Gasteiger partial charge in [0, 0.05) is 31.7 Å². The Kier molecular flexibility index (Phi) is 10.1. The number of benzene rings is 2. The zero-order valence-corrected chi connectivity index (χ0v) is 22.9. The zero-order valence-electron chi connectivity index (χ0n) is 22.9. The molecule has 9 heteroatoms. The van der Waals surface area contributed by atoms with Gasteiger partial charge in [0.1, 0.15) is 5.82 Å². The number of H-pyrrole nitrogens is 1. The first-order valence-electron chi connectivity index (χ1n) is 13.8. The maximum atomic E-state index is 5.98. The molecular formula is C29H39N7O2. The van der Waals surface area contributed by atoms with Crippen LogP contribution in [0.3, 0.4) is 0 Å². The monoisotopic (exact) mass is 517 g/mol. The van der Waals surface area contributed by atoms with Crippen molar-refractivity contribution in [3.63, 3.8) is 0 Å². The fourth-order valence-electron chi connectivity index (χ4n) is 4.40. The third-order valence-electron chi connectivity index (χ3n) is 6.65. The Bertz CT molecular complexity index is 1230. The molecule has 0 aliphatic rings. The fraction of sp³-hybridized carbons (Fsp3) is 0.483. The number of nitrogens with one attached hydrogen (secondary N) is 1. The number of nitrogens with zero attached hydrogens (tertiary/aromatic N) is 6. The lowest BCUT2D eigenvalue weighted by atomic mass is 9.97. The smallest absolute Gasteiger partial charge is 0.221 e. The van der Waals surface area contributed by atoms with Crippen LogP contribution in [0, 0.1) is 5.92 Å². The molecule has 202 valence electrons. The van der Waals surface area contributed by atoms with Crippen LogP contribution < -0.4 is 0 Å². The summed E-state index contributed by atoms with van der Waals surface area (Å²) in [6, 6.07) is 16.7. The van der Waals surface area contributed by atoms with Crippen LogP contribution in [0.2, 0.25) is 0 Å². The van der Waals surface area contributed by atoms with Gasteiger partial charge in [0.2, 0.25) is 17.9 Å². The lowest BCUT2D eigenvalue weighted by Crippen LogP contribution is -2.15. The molecule has 0 atom stereocenters. The van der Waals surface area contributed by atoms with Crippen LogP contribution in [0.1, 0.15) is 76.9 Å². The third kappa shape index (κ3) is 6.90. The summed E-state index contributed by atoms with van der Waals surface area (Å²) >= 11 is 0. The Morgan fingerprint density at radius 2 is 1.55 bits per heavy atom. The van der Waals surface area contributed by atoms with Crippen molar-refractivity contribution in [2.24, 2.45) is 5.92 Å². The summed E-state index contributed by atoms with van der Waals surface area (Å²) in [5.74, 6) is 2.66. The first kappa shape index (κ1) is 27.6. The van der Waals surface area contributed by atoms with Crippen molar-refractivity contribution >= 4 is 0 Å². The fourth-order valence-corrected chi connectivity index (χ4v) is 4.40. The minimum Gasteiger partial charge on any atom is -0.346 e. The molecule has 0 unspecified atom stereocenters. The number of aromatic nitrogens is 7. The largest absolute Gasteiger partial charge is 0.346 e. The van der Waals surface area contributed by atoms with Crippen LogP contribution in [-0.2, 0) is 22.4 Å². The van der Waals surface area contributed by atoms with Gasteiger partial charge < -0.3 is 9.47 Å². The lowest BCUT2D eigenvalue weighted by molar-refractivity contribution is -0.151. The van der Waals surface area contributed by atoms with Gasteiger partial charge in [-0.05, 0) is 40.7 Å². The molecule has 9 nitrogen and oxygen atoms in total. The Labute approximate surface area is 225 Å². The van der Waals surface area contributed by atoms with E-state index in [0.717, 1.165) is 60.3 Å². The van der Waals surface area contributed by atoms with E-state index in [9.17, 15) is 0 Å². The predicted octanol–water partition coefficient (Wildman–Crippen LogP) is 6.00. The zero-order chi connectivity index (χ0) is 26.7. The van der Waals surface area contributed by atoms with Crippen molar-refractivity contribution in [1.82, 2.24) is 35.4 Å². The van der Waals surface area contributed by atoms with Crippen molar-refractivity contribution in [1.29, 1.82) is 0 Å². The van der Waals surface area contributed by atoms with Crippen molar-refractivity contribution in [2.75, 3.05) is 13.2 Å². The molecule has 2 aromatic carbocycles. The standard InChI is InChI=1S/C29H39N7O2/c1-5-17-37-29(38-18-6-2)28-30-26(36(33-28)20-21(7-3)8-4)19-22-13-15-23(16-14-22)24-11-9-10-12-25(24)27-31-34-35-32-27/h9-16,21,29H,5-8,17-20H2,1-4H3,(H,31,32,34,35). The summed E-state index contributed by atoms with van der Waals surface area (Å²) in [5.41, 5.74) is 4.25. The van der Waals surface area contributed by atoms with E-state index in [0.29, 0.717) is 37.2 Å². The third-order valence-corrected chi connectivity index (χ3v) is 6.65. The average molecular weight is 518 g/mol. The minimum atomic E-state index is -0.541. The summed E-state index contributed by atoms with van der Waals surface area (Å²) in [7, 11) is 0. The summed E-state index contributed by atoms with van der Waals surface area (Å²) in [5, 5.41) is 19.5. The van der Waals surface area contributed by atoms with E-state index in [2.05, 4.69) is 83.3 Å². The SMILES string of the molecule is CCCOC(OCCC)c1nc(Cc2ccc(-c3ccccc3-c3nn[nH]n3)cc2)n(CC(CC)CC)n1. The molecule has 4 aromatic rings. The molecular weight excluding hydrogens is 478 g/mol. The molecule has 0 saturated carbocycles. The quantitative estimate of drug-likeness (QED) is 0.193. The summed E-state index contributed by atoms with van der Waals surface area (Å²) in [6.45, 7) is 10.7. The van der Waals surface area contributed by atoms with Crippen molar-refractivity contribution in [2.45, 2.75) is 72.6 Å². The number of tetrazole rings is 1. The van der Waals surface area contributed by atoms with Gasteiger partial charge in [-0.1, -0.05) is 89.1 Å². The van der Waals surface area contributed by atoms with Crippen molar-refractivity contribution in [3.8, 4) is 22.5 Å². The van der Waals surface area contributed by atoms with Gasteiger partial charge in [-0.3, -0.25) is 0 Å². The van der Waals surface area contributed by atoms with Gasteiger partial charge >= 0.3 is 0 Å². The van der Waals surface area contributed by atoms with E-state index < -0.39 is 6.29 Å². The predicted molar refractivity (Wildman–Crippen MR) is 147 cm³/mol. The molecule has 4 rings (SSSR count). The van der Waals surface area contributed by atoms with Crippen LogP contribution in [0.5, 0.6) is 0 Å². The van der Waals surface area contributed by atoms with Crippen molar-refractivity contribution < 1.29 is 9.47 Å². The highest BCUT2D eigenvalue weighted by Crippen LogP contribution is 2.30. The topological polar surface area (TPSA) is 104 Å². The Balaban J connectivity index is 1.60. The van der Waals surface area contributed by atoms with Gasteiger partial charge in [0.05, 0.1) is 0 Å². The Morgan fingerprint density at radius 3 is 2.16 bits per heavy atom. The molecule has 0 aliphatic heterocycles. The molecule has 0 aliphatic carbocycles. The van der Waals surface area contributed by atoms with E-state index in [4.69, 9.17) is 19.6 Å². The average Bonchev–Trinajstić information content (AvgIpc) is 3.63. The molecule has 38 heavy (non-hydrogen) atoms. The lowest BCUT2D eigenvalue weighted by Gasteiger charge is -2.15. The first-order valence-corrected chi connectivity index (χ1v) is 13.8. The van der Waals surface area contributed by atoms with E-state index in [1.54, 1.807) is 0 Å². The first-order chi connectivity index (χ1) is 18.7. The van der Waals surface area contributed by atoms with Crippen LogP contribution in [0.4, 0.5) is 0 Å². The van der Waals surface area contributed by atoms with E-state index in [1.807, 2.05) is 18.2 Å². The number of hydrogen-bond acceptors (Lipinski definition) is 7. The van der Waals surface area contributed by atoms with Gasteiger partial charge in [0.25, 0.3) is 0 Å². The van der Waals surface area contributed by atoms with Crippen LogP contribution in [0.15, 0.2) is 48.5 Å². The van der Waals surface area contributed by atoms with E-state index in [1.165, 1.54) is 0 Å². The normalized spacial score (nSPS) is 11.6. The van der Waals surface area contributed by atoms with Gasteiger partial charge in [0.15, 0.2) is 0 Å². The highest BCUT2D eigenvalue weighted by molar-refractivity contribution is 5.80. The van der Waals surface area contributed by atoms with E-state index >= 15 is 0 Å². The van der Waals surface area contributed by atoms with Crippen LogP contribution in [-0.4, -0.2) is 48.6 Å². The van der Waals surface area contributed by atoms with Crippen LogP contribution in [0.25, 0.3) is 22.5 Å². The molecule has 2 aromatic heterocycles. The number of ether oxygens (including phenoxy) is 2. The summed E-state index contributed by atoms with van der Waals surface area (Å²) < 4.78 is 14.0. The molecule has 0 saturated heterocycles. The summed E-state index contributed by atoms with van der Waals surface area (Å²) in [6.07, 6.45) is 4.16. The maximum Gasteiger partial charge on any atom is 0.221 e. The molecule has 0 amide bonds. The Hall–Kier alpha value is -3.43. The number of rotatable bonds is 15. The van der Waals surface area contributed by atoms with Gasteiger partial charge in [-0.25, -0.2) is 9.67 Å². The Morgan fingerprint density at radius 1 is 0.868 bits per heavy atom. The highest BCUT2D eigenvalue weighted by Gasteiger charge is 2.22. The molecule has 0 radical (unpaired) electrons. The van der Waals surface area contributed by atoms with E-state index in [-0.39, 0.29) is 0 Å². The molecule has 1 N–H and O–H groups in total. The van der Waals surface area contributed by atoms with Crippen molar-refractivity contribution in [3.05, 3.63) is 65.7 Å².